The van der Waals surface area contributed by atoms with Crippen LogP contribution in [0.2, 0.25) is 0 Å². The molecular weight excluding hydrogens is 362 g/mol. The molecule has 4 aliphatic rings. The molecule has 1 heterocycles. The fourth-order valence-corrected chi connectivity index (χ4v) is 5.19. The van der Waals surface area contributed by atoms with Crippen LogP contribution in [0.15, 0.2) is 11.6 Å². The van der Waals surface area contributed by atoms with Crippen LogP contribution in [0.5, 0.6) is 0 Å². The van der Waals surface area contributed by atoms with Crippen LogP contribution < -0.4 is 0 Å². The van der Waals surface area contributed by atoms with Crippen molar-refractivity contribution >= 4 is 33.7 Å². The van der Waals surface area contributed by atoms with Gasteiger partial charge in [-0.25, -0.2) is 0 Å². The Hall–Kier alpha value is -1.17. The minimum Gasteiger partial charge on any atom is -0.454 e. The molecule has 1 saturated heterocycles. The maximum atomic E-state index is 12.9. The Morgan fingerprint density at radius 2 is 2.09 bits per heavy atom. The van der Waals surface area contributed by atoms with Gasteiger partial charge in [-0.1, -0.05) is 28.4 Å². The average molecular weight is 384 g/mol. The summed E-state index contributed by atoms with van der Waals surface area (Å²) in [6, 6.07) is 0. The van der Waals surface area contributed by atoms with Crippen LogP contribution in [0, 0.1) is 23.7 Å². The van der Waals surface area contributed by atoms with Crippen molar-refractivity contribution in [2.45, 2.75) is 39.2 Å². The van der Waals surface area contributed by atoms with Gasteiger partial charge in [-0.2, -0.15) is 0 Å². The maximum absolute atomic E-state index is 12.9. The summed E-state index contributed by atoms with van der Waals surface area (Å²) in [6.45, 7) is 5.84. The van der Waals surface area contributed by atoms with E-state index in [1.165, 1.54) is 11.8 Å². The van der Waals surface area contributed by atoms with Gasteiger partial charge in [0.1, 0.15) is 5.60 Å². The van der Waals surface area contributed by atoms with Gasteiger partial charge in [0.25, 0.3) is 0 Å². The Kier molecular flexibility index (Phi) is 4.15. The monoisotopic (exact) mass is 383 g/mol. The summed E-state index contributed by atoms with van der Waals surface area (Å²) in [7, 11) is 0. The molecule has 2 fully saturated rings. The van der Waals surface area contributed by atoms with Crippen molar-refractivity contribution in [3.63, 3.8) is 0 Å². The van der Waals surface area contributed by atoms with Gasteiger partial charge in [0.2, 0.25) is 11.8 Å². The maximum Gasteiger partial charge on any atom is 0.303 e. The van der Waals surface area contributed by atoms with E-state index >= 15 is 0 Å². The molecule has 2 amide bonds. The van der Waals surface area contributed by atoms with E-state index in [1.54, 1.807) is 0 Å². The Bertz CT molecular complexity index is 601. The van der Waals surface area contributed by atoms with E-state index in [9.17, 15) is 14.4 Å². The molecule has 1 saturated carbocycles. The second-order valence-electron chi connectivity index (χ2n) is 7.02. The molecular formula is C17H22BrNO4. The van der Waals surface area contributed by atoms with Crippen molar-refractivity contribution in [1.29, 1.82) is 0 Å². The highest BCUT2D eigenvalue weighted by molar-refractivity contribution is 9.09. The van der Waals surface area contributed by atoms with Crippen molar-refractivity contribution in [2.24, 2.45) is 23.7 Å². The smallest absolute Gasteiger partial charge is 0.303 e. The van der Waals surface area contributed by atoms with Crippen molar-refractivity contribution < 1.29 is 19.1 Å². The van der Waals surface area contributed by atoms with E-state index in [-0.39, 0.29) is 29.6 Å². The van der Waals surface area contributed by atoms with E-state index in [2.05, 4.69) is 22.9 Å². The normalized spacial score (nSPS) is 38.6. The lowest BCUT2D eigenvalue weighted by molar-refractivity contribution is -0.173. The van der Waals surface area contributed by atoms with Gasteiger partial charge in [-0.3, -0.25) is 19.3 Å². The average Bonchev–Trinajstić information content (AvgIpc) is 2.68. The van der Waals surface area contributed by atoms with Gasteiger partial charge < -0.3 is 4.74 Å². The number of allylic oxidation sites excluding steroid dienone is 1. The van der Waals surface area contributed by atoms with Gasteiger partial charge in [0.05, 0.1) is 11.8 Å². The van der Waals surface area contributed by atoms with Crippen LogP contribution in [0.4, 0.5) is 0 Å². The number of fused-ring (bicyclic) bond motifs is 1. The molecule has 0 N–H and O–H groups in total. The number of alkyl halides is 1. The Labute approximate surface area is 144 Å². The van der Waals surface area contributed by atoms with Crippen molar-refractivity contribution in [2.75, 3.05) is 11.9 Å². The molecule has 0 radical (unpaired) electrons. The highest BCUT2D eigenvalue weighted by Gasteiger charge is 2.67. The molecule has 5 nitrogen and oxygen atoms in total. The molecule has 3 aliphatic carbocycles. The number of imide groups is 1. The van der Waals surface area contributed by atoms with Crippen molar-refractivity contribution in [3.05, 3.63) is 11.6 Å². The molecule has 6 heteroatoms. The number of ether oxygens (including phenoxy) is 1. The number of halogens is 1. The molecule has 0 aromatic rings. The van der Waals surface area contributed by atoms with Crippen LogP contribution in [-0.2, 0) is 19.1 Å². The Morgan fingerprint density at radius 1 is 1.39 bits per heavy atom. The number of rotatable bonds is 4. The van der Waals surface area contributed by atoms with Crippen LogP contribution >= 0.6 is 15.9 Å². The molecule has 0 aromatic heterocycles. The third kappa shape index (κ3) is 2.37. The molecule has 5 atom stereocenters. The van der Waals surface area contributed by atoms with E-state index in [4.69, 9.17) is 4.74 Å². The summed E-state index contributed by atoms with van der Waals surface area (Å²) in [5.41, 5.74) is 0.111. The van der Waals surface area contributed by atoms with Gasteiger partial charge >= 0.3 is 5.97 Å². The summed E-state index contributed by atoms with van der Waals surface area (Å²) in [5.74, 6) is -1.33. The number of carbonyl (C=O) groups is 3. The minimum atomic E-state index is -0.954. The standard InChI is InChI=1S/C17H22BrNO4/c1-9-7-17(23-11(3)20)8-10(2)12(9)13-14(17)16(22)19(15(13)21)6-4-5-18/h7,10,12-14H,4-6,8H2,1-3H3/t10?,12-,13?,14?,17-/m1/s1. The Balaban J connectivity index is 2.04. The lowest BCUT2D eigenvalue weighted by Crippen LogP contribution is -2.57. The molecule has 126 valence electrons. The molecule has 1 aliphatic heterocycles. The number of nitrogens with zero attached hydrogens (tertiary/aromatic N) is 1. The summed E-state index contributed by atoms with van der Waals surface area (Å²) in [6.07, 6.45) is 3.27. The topological polar surface area (TPSA) is 63.7 Å². The number of likely N-dealkylation sites (tertiary alicyclic amines) is 1. The van der Waals surface area contributed by atoms with Crippen LogP contribution in [0.25, 0.3) is 0 Å². The van der Waals surface area contributed by atoms with Crippen LogP contribution in [0.3, 0.4) is 0 Å². The summed E-state index contributed by atoms with van der Waals surface area (Å²) >= 11 is 3.34. The third-order valence-corrected chi connectivity index (χ3v) is 6.02. The van der Waals surface area contributed by atoms with E-state index < -0.39 is 17.5 Å². The number of amides is 2. The zero-order chi connectivity index (χ0) is 16.9. The first-order chi connectivity index (χ1) is 10.8. The first-order valence-electron chi connectivity index (χ1n) is 8.12. The van der Waals surface area contributed by atoms with Crippen LogP contribution in [0.1, 0.15) is 33.6 Å². The highest BCUT2D eigenvalue weighted by atomic mass is 79.9. The van der Waals surface area contributed by atoms with Gasteiger partial charge in [0, 0.05) is 18.8 Å². The number of hydrogen-bond donors (Lipinski definition) is 0. The highest BCUT2D eigenvalue weighted by Crippen LogP contribution is 2.58. The second kappa shape index (κ2) is 5.72. The van der Waals surface area contributed by atoms with E-state index in [1.807, 2.05) is 13.0 Å². The zero-order valence-corrected chi connectivity index (χ0v) is 15.3. The van der Waals surface area contributed by atoms with Crippen molar-refractivity contribution in [3.8, 4) is 0 Å². The van der Waals surface area contributed by atoms with E-state index in [0.717, 1.165) is 17.3 Å². The fourth-order valence-electron chi connectivity index (χ4n) is 4.94. The third-order valence-electron chi connectivity index (χ3n) is 5.46. The first kappa shape index (κ1) is 16.7. The first-order valence-corrected chi connectivity index (χ1v) is 9.24. The zero-order valence-electron chi connectivity index (χ0n) is 13.7. The lowest BCUT2D eigenvalue weighted by Gasteiger charge is -2.52. The fraction of sp³-hybridized carbons (Fsp3) is 0.706. The van der Waals surface area contributed by atoms with Gasteiger partial charge in [0.15, 0.2) is 0 Å². The lowest BCUT2D eigenvalue weighted by atomic mass is 9.54. The molecule has 4 rings (SSSR count). The van der Waals surface area contributed by atoms with Crippen molar-refractivity contribution in [1.82, 2.24) is 4.90 Å². The van der Waals surface area contributed by atoms with Crippen LogP contribution in [-0.4, -0.2) is 40.2 Å². The van der Waals surface area contributed by atoms with Gasteiger partial charge in [-0.15, -0.1) is 0 Å². The van der Waals surface area contributed by atoms with Gasteiger partial charge in [-0.05, 0) is 37.7 Å². The SMILES string of the molecule is CC(=O)O[C@]12C=C(C)[C@H](C(C)C1)C1C(=O)N(CCCBr)C(=O)C12. The molecule has 0 spiro atoms. The van der Waals surface area contributed by atoms with E-state index in [0.29, 0.717) is 13.0 Å². The summed E-state index contributed by atoms with van der Waals surface area (Å²) < 4.78 is 5.67. The predicted molar refractivity (Wildman–Crippen MR) is 87.6 cm³/mol. The summed E-state index contributed by atoms with van der Waals surface area (Å²) in [5, 5.41) is 0.742. The molecule has 0 aromatic carbocycles. The number of carbonyl (C=O) groups excluding carboxylic acids is 3. The quantitative estimate of drug-likeness (QED) is 0.323. The molecule has 23 heavy (non-hydrogen) atoms. The largest absolute Gasteiger partial charge is 0.454 e. The second-order valence-corrected chi connectivity index (χ2v) is 7.81. The minimum absolute atomic E-state index is 0.0721. The number of esters is 1. The molecule has 2 bridgehead atoms. The Morgan fingerprint density at radius 3 is 2.65 bits per heavy atom. The predicted octanol–water partition coefficient (Wildman–Crippen LogP) is 2.29. The summed E-state index contributed by atoms with van der Waals surface area (Å²) in [4.78, 5) is 38.9. The molecule has 3 unspecified atom stereocenters. The number of hydrogen-bond acceptors (Lipinski definition) is 4.